The number of ether oxygens (including phenoxy) is 2. The third-order valence-electron chi connectivity index (χ3n) is 3.29. The van der Waals surface area contributed by atoms with Gasteiger partial charge in [-0.2, -0.15) is 0 Å². The molecule has 86 valence electrons. The SMILES string of the molecule is O[C@@H]1CC2(CCOC2)Oc2cc(Br)ccc21. The Labute approximate surface area is 102 Å². The Morgan fingerprint density at radius 3 is 3.06 bits per heavy atom. The minimum atomic E-state index is -0.446. The molecule has 1 N–H and O–H groups in total. The zero-order valence-electron chi connectivity index (χ0n) is 8.78. The molecule has 3 nitrogen and oxygen atoms in total. The Kier molecular flexibility index (Phi) is 2.46. The van der Waals surface area contributed by atoms with Crippen molar-refractivity contribution in [3.63, 3.8) is 0 Å². The lowest BCUT2D eigenvalue weighted by Crippen LogP contribution is -2.41. The van der Waals surface area contributed by atoms with Gasteiger partial charge in [0, 0.05) is 22.9 Å². The van der Waals surface area contributed by atoms with Crippen molar-refractivity contribution in [2.24, 2.45) is 0 Å². The number of aliphatic hydroxyl groups excluding tert-OH is 1. The van der Waals surface area contributed by atoms with Gasteiger partial charge in [0.2, 0.25) is 0 Å². The number of hydrogen-bond acceptors (Lipinski definition) is 3. The molecule has 2 atom stereocenters. The number of halogens is 1. The van der Waals surface area contributed by atoms with Crippen LogP contribution in [0.3, 0.4) is 0 Å². The van der Waals surface area contributed by atoms with Gasteiger partial charge in [0.15, 0.2) is 0 Å². The molecule has 1 aromatic rings. The van der Waals surface area contributed by atoms with Gasteiger partial charge in [-0.05, 0) is 12.1 Å². The third-order valence-corrected chi connectivity index (χ3v) is 3.79. The molecular formula is C12H13BrO3. The van der Waals surface area contributed by atoms with Crippen LogP contribution in [0.2, 0.25) is 0 Å². The van der Waals surface area contributed by atoms with Crippen LogP contribution in [0.4, 0.5) is 0 Å². The molecule has 1 saturated heterocycles. The largest absolute Gasteiger partial charge is 0.484 e. The molecule has 0 aliphatic carbocycles. The van der Waals surface area contributed by atoms with Crippen molar-refractivity contribution in [2.75, 3.05) is 13.2 Å². The molecule has 2 aliphatic rings. The Morgan fingerprint density at radius 2 is 2.31 bits per heavy atom. The van der Waals surface area contributed by atoms with E-state index >= 15 is 0 Å². The van der Waals surface area contributed by atoms with Gasteiger partial charge in [0.05, 0.1) is 19.3 Å². The minimum Gasteiger partial charge on any atom is -0.484 e. The lowest BCUT2D eigenvalue weighted by Gasteiger charge is -2.37. The smallest absolute Gasteiger partial charge is 0.137 e. The van der Waals surface area contributed by atoms with Crippen molar-refractivity contribution >= 4 is 15.9 Å². The van der Waals surface area contributed by atoms with Crippen LogP contribution >= 0.6 is 15.9 Å². The molecule has 2 aliphatic heterocycles. The molecule has 16 heavy (non-hydrogen) atoms. The first-order valence-corrected chi connectivity index (χ1v) is 6.22. The Balaban J connectivity index is 2.00. The van der Waals surface area contributed by atoms with E-state index in [1.165, 1.54) is 0 Å². The van der Waals surface area contributed by atoms with E-state index in [1.54, 1.807) is 0 Å². The average Bonchev–Trinajstić information content (AvgIpc) is 2.65. The molecule has 0 saturated carbocycles. The molecule has 1 aromatic carbocycles. The summed E-state index contributed by atoms with van der Waals surface area (Å²) in [5.41, 5.74) is 0.563. The maximum Gasteiger partial charge on any atom is 0.137 e. The van der Waals surface area contributed by atoms with Crippen molar-refractivity contribution in [3.8, 4) is 5.75 Å². The van der Waals surface area contributed by atoms with Crippen LogP contribution < -0.4 is 4.74 Å². The molecule has 0 radical (unpaired) electrons. The van der Waals surface area contributed by atoms with Crippen molar-refractivity contribution in [1.82, 2.24) is 0 Å². The zero-order valence-corrected chi connectivity index (χ0v) is 10.4. The fourth-order valence-electron chi connectivity index (χ4n) is 2.44. The maximum absolute atomic E-state index is 10.1. The molecule has 2 heterocycles. The second-order valence-corrected chi connectivity index (χ2v) is 5.41. The van der Waals surface area contributed by atoms with Crippen molar-refractivity contribution in [3.05, 3.63) is 28.2 Å². The van der Waals surface area contributed by atoms with Gasteiger partial charge in [-0.1, -0.05) is 22.0 Å². The summed E-state index contributed by atoms with van der Waals surface area (Å²) in [4.78, 5) is 0. The summed E-state index contributed by atoms with van der Waals surface area (Å²) in [7, 11) is 0. The number of hydrogen-bond donors (Lipinski definition) is 1. The Hall–Kier alpha value is -0.580. The Morgan fingerprint density at radius 1 is 1.44 bits per heavy atom. The summed E-state index contributed by atoms with van der Waals surface area (Å²) in [6, 6.07) is 5.75. The quantitative estimate of drug-likeness (QED) is 0.795. The second kappa shape index (κ2) is 3.72. The van der Waals surface area contributed by atoms with Gasteiger partial charge in [-0.3, -0.25) is 0 Å². The monoisotopic (exact) mass is 284 g/mol. The van der Waals surface area contributed by atoms with Crippen LogP contribution in [0.15, 0.2) is 22.7 Å². The summed E-state index contributed by atoms with van der Waals surface area (Å²) in [6.45, 7) is 1.30. The fourth-order valence-corrected chi connectivity index (χ4v) is 2.78. The number of rotatable bonds is 0. The maximum atomic E-state index is 10.1. The summed E-state index contributed by atoms with van der Waals surface area (Å²) in [6.07, 6.45) is 1.04. The van der Waals surface area contributed by atoms with E-state index < -0.39 is 6.10 Å². The first-order valence-electron chi connectivity index (χ1n) is 5.43. The van der Waals surface area contributed by atoms with E-state index in [2.05, 4.69) is 15.9 Å². The van der Waals surface area contributed by atoms with Gasteiger partial charge in [-0.25, -0.2) is 0 Å². The number of fused-ring (bicyclic) bond motifs is 1. The lowest BCUT2D eigenvalue weighted by atomic mass is 9.88. The van der Waals surface area contributed by atoms with Gasteiger partial charge in [0.25, 0.3) is 0 Å². The predicted octanol–water partition coefficient (Wildman–Crippen LogP) is 2.42. The summed E-state index contributed by atoms with van der Waals surface area (Å²) in [5.74, 6) is 0.777. The van der Waals surface area contributed by atoms with Crippen LogP contribution in [-0.4, -0.2) is 23.9 Å². The second-order valence-electron chi connectivity index (χ2n) is 4.49. The van der Waals surface area contributed by atoms with Crippen LogP contribution in [0.5, 0.6) is 5.75 Å². The number of aliphatic hydroxyl groups is 1. The standard InChI is InChI=1S/C12H13BrO3/c13-8-1-2-9-10(14)6-12(3-4-15-7-12)16-11(9)5-8/h1-2,5,10,14H,3-4,6-7H2/t10-,12?/m1/s1. The molecular weight excluding hydrogens is 272 g/mol. The van der Waals surface area contributed by atoms with Crippen molar-refractivity contribution < 1.29 is 14.6 Å². The van der Waals surface area contributed by atoms with Crippen LogP contribution in [-0.2, 0) is 4.74 Å². The van der Waals surface area contributed by atoms with Crippen LogP contribution in [0, 0.1) is 0 Å². The van der Waals surface area contributed by atoms with Gasteiger partial charge < -0.3 is 14.6 Å². The molecule has 1 unspecified atom stereocenters. The molecule has 0 bridgehead atoms. The van der Waals surface area contributed by atoms with Crippen molar-refractivity contribution in [2.45, 2.75) is 24.5 Å². The highest BCUT2D eigenvalue weighted by Gasteiger charge is 2.43. The molecule has 0 aromatic heterocycles. The van der Waals surface area contributed by atoms with E-state index in [1.807, 2.05) is 18.2 Å². The average molecular weight is 285 g/mol. The summed E-state index contributed by atoms with van der Waals surface area (Å²) in [5, 5.41) is 10.1. The van der Waals surface area contributed by atoms with E-state index in [4.69, 9.17) is 9.47 Å². The predicted molar refractivity (Wildman–Crippen MR) is 62.5 cm³/mol. The van der Waals surface area contributed by atoms with E-state index in [0.29, 0.717) is 13.0 Å². The molecule has 1 spiro atoms. The van der Waals surface area contributed by atoms with Gasteiger partial charge in [0.1, 0.15) is 11.4 Å². The first kappa shape index (κ1) is 10.6. The lowest BCUT2D eigenvalue weighted by molar-refractivity contribution is -0.0194. The first-order chi connectivity index (χ1) is 7.69. The Bertz CT molecular complexity index is 413. The highest BCUT2D eigenvalue weighted by Crippen LogP contribution is 2.43. The normalized spacial score (nSPS) is 32.5. The van der Waals surface area contributed by atoms with E-state index in [-0.39, 0.29) is 5.60 Å². The van der Waals surface area contributed by atoms with E-state index in [9.17, 15) is 5.11 Å². The fraction of sp³-hybridized carbons (Fsp3) is 0.500. The molecule has 4 heteroatoms. The summed E-state index contributed by atoms with van der Waals surface area (Å²) < 4.78 is 12.4. The third kappa shape index (κ3) is 1.65. The zero-order chi connectivity index (χ0) is 11.2. The molecule has 3 rings (SSSR count). The molecule has 1 fully saturated rings. The van der Waals surface area contributed by atoms with Crippen molar-refractivity contribution in [1.29, 1.82) is 0 Å². The van der Waals surface area contributed by atoms with Crippen LogP contribution in [0.1, 0.15) is 24.5 Å². The van der Waals surface area contributed by atoms with Crippen LogP contribution in [0.25, 0.3) is 0 Å². The topological polar surface area (TPSA) is 38.7 Å². The molecule has 0 amide bonds. The highest BCUT2D eigenvalue weighted by atomic mass is 79.9. The summed E-state index contributed by atoms with van der Waals surface area (Å²) >= 11 is 3.41. The van der Waals surface area contributed by atoms with Gasteiger partial charge >= 0.3 is 0 Å². The highest BCUT2D eigenvalue weighted by molar-refractivity contribution is 9.10. The van der Waals surface area contributed by atoms with E-state index in [0.717, 1.165) is 28.8 Å². The number of benzene rings is 1. The van der Waals surface area contributed by atoms with Gasteiger partial charge in [-0.15, -0.1) is 0 Å². The minimum absolute atomic E-state index is 0.312.